The zero-order chi connectivity index (χ0) is 24.4. The Labute approximate surface area is 202 Å². The molecule has 2 N–H and O–H groups in total. The van der Waals surface area contributed by atoms with Gasteiger partial charge in [0.2, 0.25) is 5.91 Å². The number of benzene rings is 3. The minimum Gasteiger partial charge on any atom is -0.493 e. The van der Waals surface area contributed by atoms with Crippen molar-refractivity contribution in [2.45, 2.75) is 25.9 Å². The number of nitrogens with one attached hydrogen (secondary N) is 2. The maximum absolute atomic E-state index is 13.2. The van der Waals surface area contributed by atoms with Crippen LogP contribution in [0.2, 0.25) is 0 Å². The summed E-state index contributed by atoms with van der Waals surface area (Å²) < 4.78 is 11.6. The normalized spacial score (nSPS) is 14.7. The Kier molecular flexibility index (Phi) is 6.06. The summed E-state index contributed by atoms with van der Waals surface area (Å²) in [4.78, 5) is 33.1. The molecule has 0 unspecified atom stereocenters. The van der Waals surface area contributed by atoms with E-state index in [1.165, 1.54) is 0 Å². The average molecular weight is 468 g/mol. The number of H-pyrrole nitrogens is 1. The van der Waals surface area contributed by atoms with E-state index in [4.69, 9.17) is 9.47 Å². The number of aryl methyl sites for hydroxylation is 1. The Morgan fingerprint density at radius 3 is 2.57 bits per heavy atom. The maximum atomic E-state index is 13.2. The molecule has 1 aliphatic rings. The second kappa shape index (κ2) is 9.46. The SMILES string of the molecule is COc1cc([C@@H]2CC(=O)Nc3nc(-c4ccccc4)[nH]c(=O)c32)ccc1OCc1cccc(C)c1. The lowest BCUT2D eigenvalue weighted by Gasteiger charge is -2.25. The lowest BCUT2D eigenvalue weighted by Crippen LogP contribution is -2.31. The molecular formula is C28H25N3O4. The summed E-state index contributed by atoms with van der Waals surface area (Å²) in [5.74, 6) is 1.16. The van der Waals surface area contributed by atoms with Crippen LogP contribution in [0.3, 0.4) is 0 Å². The first-order valence-electron chi connectivity index (χ1n) is 11.4. The number of hydrogen-bond acceptors (Lipinski definition) is 5. The topological polar surface area (TPSA) is 93.3 Å². The Morgan fingerprint density at radius 2 is 1.80 bits per heavy atom. The first kappa shape index (κ1) is 22.4. The summed E-state index contributed by atoms with van der Waals surface area (Å²) in [6, 6.07) is 22.9. The van der Waals surface area contributed by atoms with E-state index in [1.807, 2.05) is 73.7 Å². The Bertz CT molecular complexity index is 1450. The largest absolute Gasteiger partial charge is 0.493 e. The van der Waals surface area contributed by atoms with Crippen molar-refractivity contribution in [2.24, 2.45) is 0 Å². The number of methoxy groups -OCH3 is 1. The van der Waals surface area contributed by atoms with Gasteiger partial charge >= 0.3 is 0 Å². The predicted octanol–water partition coefficient (Wildman–Crippen LogP) is 4.81. The van der Waals surface area contributed by atoms with Gasteiger partial charge in [0, 0.05) is 17.9 Å². The molecule has 0 saturated heterocycles. The van der Waals surface area contributed by atoms with Crippen LogP contribution in [0.15, 0.2) is 77.6 Å². The van der Waals surface area contributed by atoms with Gasteiger partial charge in [-0.2, -0.15) is 0 Å². The molecule has 4 aromatic rings. The Hall–Kier alpha value is -4.39. The Balaban J connectivity index is 1.47. The van der Waals surface area contributed by atoms with Gasteiger partial charge in [0.25, 0.3) is 5.56 Å². The highest BCUT2D eigenvalue weighted by Crippen LogP contribution is 2.38. The fourth-order valence-electron chi connectivity index (χ4n) is 4.37. The highest BCUT2D eigenvalue weighted by atomic mass is 16.5. The zero-order valence-electron chi connectivity index (χ0n) is 19.5. The van der Waals surface area contributed by atoms with Crippen LogP contribution in [0.4, 0.5) is 5.82 Å². The van der Waals surface area contributed by atoms with Gasteiger partial charge in [-0.25, -0.2) is 4.98 Å². The third kappa shape index (κ3) is 4.66. The van der Waals surface area contributed by atoms with Gasteiger partial charge in [0.1, 0.15) is 18.2 Å². The smallest absolute Gasteiger partial charge is 0.257 e. The molecule has 2 heterocycles. The van der Waals surface area contributed by atoms with Crippen LogP contribution < -0.4 is 20.3 Å². The molecule has 0 fully saturated rings. The van der Waals surface area contributed by atoms with E-state index in [-0.39, 0.29) is 23.7 Å². The number of ether oxygens (including phenoxy) is 2. The van der Waals surface area contributed by atoms with Crippen LogP contribution in [-0.4, -0.2) is 23.0 Å². The summed E-state index contributed by atoms with van der Waals surface area (Å²) in [6.45, 7) is 2.44. The summed E-state index contributed by atoms with van der Waals surface area (Å²) in [5, 5.41) is 2.77. The van der Waals surface area contributed by atoms with Gasteiger partial charge in [-0.15, -0.1) is 0 Å². The highest BCUT2D eigenvalue weighted by Gasteiger charge is 2.31. The van der Waals surface area contributed by atoms with Crippen molar-refractivity contribution in [2.75, 3.05) is 12.4 Å². The van der Waals surface area contributed by atoms with Gasteiger partial charge in [0.05, 0.1) is 12.7 Å². The third-order valence-electron chi connectivity index (χ3n) is 6.07. The Morgan fingerprint density at radius 1 is 0.971 bits per heavy atom. The van der Waals surface area contributed by atoms with E-state index in [1.54, 1.807) is 7.11 Å². The second-order valence-electron chi connectivity index (χ2n) is 8.54. The van der Waals surface area contributed by atoms with Crippen molar-refractivity contribution in [3.63, 3.8) is 0 Å². The molecule has 3 aromatic carbocycles. The molecule has 176 valence electrons. The minimum absolute atomic E-state index is 0.134. The lowest BCUT2D eigenvalue weighted by molar-refractivity contribution is -0.116. The first-order valence-corrected chi connectivity index (χ1v) is 11.4. The van der Waals surface area contributed by atoms with Crippen LogP contribution in [-0.2, 0) is 11.4 Å². The monoisotopic (exact) mass is 467 g/mol. The predicted molar refractivity (Wildman–Crippen MR) is 134 cm³/mol. The first-order chi connectivity index (χ1) is 17.0. The van der Waals surface area contributed by atoms with E-state index in [0.717, 1.165) is 22.3 Å². The number of hydrogen-bond donors (Lipinski definition) is 2. The van der Waals surface area contributed by atoms with Crippen molar-refractivity contribution in [3.05, 3.63) is 105 Å². The van der Waals surface area contributed by atoms with Crippen LogP contribution >= 0.6 is 0 Å². The number of aromatic amines is 1. The lowest BCUT2D eigenvalue weighted by atomic mass is 9.86. The third-order valence-corrected chi connectivity index (χ3v) is 6.07. The molecule has 1 amide bonds. The molecule has 0 radical (unpaired) electrons. The average Bonchev–Trinajstić information content (AvgIpc) is 2.87. The van der Waals surface area contributed by atoms with Crippen LogP contribution in [0.1, 0.15) is 34.6 Å². The van der Waals surface area contributed by atoms with Crippen molar-refractivity contribution in [1.29, 1.82) is 0 Å². The molecule has 1 aromatic heterocycles. The summed E-state index contributed by atoms with van der Waals surface area (Å²) in [5.41, 5.74) is 3.91. The molecule has 7 nitrogen and oxygen atoms in total. The van der Waals surface area contributed by atoms with Gasteiger partial charge in [-0.3, -0.25) is 9.59 Å². The summed E-state index contributed by atoms with van der Waals surface area (Å²) in [7, 11) is 1.57. The van der Waals surface area contributed by atoms with E-state index in [2.05, 4.69) is 21.4 Å². The number of amides is 1. The minimum atomic E-state index is -0.459. The molecule has 0 saturated carbocycles. The number of anilines is 1. The number of carbonyl (C=O) groups excluding carboxylic acids is 1. The standard InChI is InChI=1S/C28H25N3O4/c1-17-7-6-8-18(13-17)16-35-22-12-11-20(14-23(22)34-2)21-15-24(32)29-27-25(21)28(33)31-26(30-27)19-9-4-3-5-10-19/h3-14,21H,15-16H2,1-2H3,(H2,29,30,31,32,33)/t21-/m0/s1. The van der Waals surface area contributed by atoms with Gasteiger partial charge in [-0.05, 0) is 30.2 Å². The number of fused-ring (bicyclic) bond motifs is 1. The van der Waals surface area contributed by atoms with Crippen LogP contribution in [0.5, 0.6) is 11.5 Å². The van der Waals surface area contributed by atoms with Crippen molar-refractivity contribution < 1.29 is 14.3 Å². The van der Waals surface area contributed by atoms with Crippen molar-refractivity contribution in [3.8, 4) is 22.9 Å². The fraction of sp³-hybridized carbons (Fsp3) is 0.179. The van der Waals surface area contributed by atoms with E-state index < -0.39 is 5.92 Å². The van der Waals surface area contributed by atoms with Gasteiger partial charge in [-0.1, -0.05) is 66.2 Å². The molecule has 1 aliphatic heterocycles. The molecule has 0 aliphatic carbocycles. The van der Waals surface area contributed by atoms with E-state index in [9.17, 15) is 9.59 Å². The number of aromatic nitrogens is 2. The number of rotatable bonds is 6. The van der Waals surface area contributed by atoms with Crippen LogP contribution in [0, 0.1) is 6.92 Å². The van der Waals surface area contributed by atoms with Crippen molar-refractivity contribution in [1.82, 2.24) is 9.97 Å². The van der Waals surface area contributed by atoms with Gasteiger partial charge in [0.15, 0.2) is 11.5 Å². The van der Waals surface area contributed by atoms with E-state index >= 15 is 0 Å². The highest BCUT2D eigenvalue weighted by molar-refractivity contribution is 5.94. The zero-order valence-corrected chi connectivity index (χ0v) is 19.5. The fourth-order valence-corrected chi connectivity index (χ4v) is 4.37. The van der Waals surface area contributed by atoms with Gasteiger partial charge < -0.3 is 19.8 Å². The molecule has 7 heteroatoms. The second-order valence-corrected chi connectivity index (χ2v) is 8.54. The molecule has 0 bridgehead atoms. The summed E-state index contributed by atoms with van der Waals surface area (Å²) in [6.07, 6.45) is 0.134. The van der Waals surface area contributed by atoms with E-state index in [0.29, 0.717) is 29.5 Å². The molecule has 0 spiro atoms. The molecule has 35 heavy (non-hydrogen) atoms. The molecular weight excluding hydrogens is 442 g/mol. The molecule has 1 atom stereocenters. The maximum Gasteiger partial charge on any atom is 0.257 e. The molecule has 5 rings (SSSR count). The number of carbonyl (C=O) groups is 1. The van der Waals surface area contributed by atoms with Crippen molar-refractivity contribution >= 4 is 11.7 Å². The van der Waals surface area contributed by atoms with Crippen LogP contribution in [0.25, 0.3) is 11.4 Å². The summed E-state index contributed by atoms with van der Waals surface area (Å²) >= 11 is 0. The quantitative estimate of drug-likeness (QED) is 0.425. The number of nitrogens with zero attached hydrogens (tertiary/aromatic N) is 1.